The second-order valence-corrected chi connectivity index (χ2v) is 12.2. The van der Waals surface area contributed by atoms with Crippen LogP contribution in [0, 0.1) is 13.8 Å². The molecule has 0 N–H and O–H groups in total. The maximum Gasteiger partial charge on any atom is 0.339 e. The maximum absolute atomic E-state index is 12.6. The zero-order valence-corrected chi connectivity index (χ0v) is 19.8. The van der Waals surface area contributed by atoms with Crippen LogP contribution < -0.4 is 8.37 Å². The van der Waals surface area contributed by atoms with E-state index >= 15 is 0 Å². The molecule has 11 heteroatoms. The van der Waals surface area contributed by atoms with Gasteiger partial charge in [0, 0.05) is 12.3 Å². The van der Waals surface area contributed by atoms with Gasteiger partial charge in [-0.1, -0.05) is 35.4 Å². The van der Waals surface area contributed by atoms with E-state index in [4.69, 9.17) is 8.37 Å². The summed E-state index contributed by atoms with van der Waals surface area (Å²) in [7, 11) is -12.6. The third-order valence-corrected chi connectivity index (χ3v) is 7.97. The zero-order chi connectivity index (χ0) is 23.7. The van der Waals surface area contributed by atoms with Crippen LogP contribution in [0.3, 0.4) is 0 Å². The SMILES string of the molecule is Cc1ccc(S(=O)(=O)Oc2ccc(OS(=O)(=O)c3ccc(C)cc3)c(S(C)(=O)=O)c2)cc1. The van der Waals surface area contributed by atoms with Gasteiger partial charge < -0.3 is 8.37 Å². The molecule has 0 aliphatic carbocycles. The van der Waals surface area contributed by atoms with E-state index in [0.717, 1.165) is 35.6 Å². The fourth-order valence-electron chi connectivity index (χ4n) is 2.65. The van der Waals surface area contributed by atoms with Gasteiger partial charge in [0.2, 0.25) is 0 Å². The molecule has 0 aliphatic heterocycles. The first-order chi connectivity index (χ1) is 14.8. The predicted octanol–water partition coefficient (Wildman–Crippen LogP) is 3.24. The minimum absolute atomic E-state index is 0.119. The summed E-state index contributed by atoms with van der Waals surface area (Å²) in [6.45, 7) is 3.57. The summed E-state index contributed by atoms with van der Waals surface area (Å²) in [6.07, 6.45) is 0.839. The Hall–Kier alpha value is -2.89. The monoisotopic (exact) mass is 496 g/mol. The van der Waals surface area contributed by atoms with Crippen LogP contribution in [-0.2, 0) is 30.1 Å². The van der Waals surface area contributed by atoms with E-state index in [1.54, 1.807) is 38.1 Å². The highest BCUT2D eigenvalue weighted by molar-refractivity contribution is 7.91. The predicted molar refractivity (Wildman–Crippen MR) is 118 cm³/mol. The molecular weight excluding hydrogens is 476 g/mol. The largest absolute Gasteiger partial charge is 0.379 e. The van der Waals surface area contributed by atoms with Gasteiger partial charge in [-0.15, -0.1) is 0 Å². The molecule has 3 aromatic carbocycles. The quantitative estimate of drug-likeness (QED) is 0.457. The van der Waals surface area contributed by atoms with E-state index in [-0.39, 0.29) is 15.5 Å². The first kappa shape index (κ1) is 23.8. The highest BCUT2D eigenvalue weighted by atomic mass is 32.2. The molecule has 0 bridgehead atoms. The van der Waals surface area contributed by atoms with Gasteiger partial charge in [-0.2, -0.15) is 16.8 Å². The highest BCUT2D eigenvalue weighted by Crippen LogP contribution is 2.32. The molecule has 0 atom stereocenters. The third-order valence-electron chi connectivity index (χ3n) is 4.34. The van der Waals surface area contributed by atoms with E-state index < -0.39 is 40.7 Å². The number of benzene rings is 3. The van der Waals surface area contributed by atoms with Crippen molar-refractivity contribution < 1.29 is 33.6 Å². The molecule has 3 aromatic rings. The number of hydrogen-bond acceptors (Lipinski definition) is 8. The van der Waals surface area contributed by atoms with Crippen LogP contribution in [0.25, 0.3) is 0 Å². The van der Waals surface area contributed by atoms with E-state index in [9.17, 15) is 25.3 Å². The number of hydrogen-bond donors (Lipinski definition) is 0. The molecule has 0 heterocycles. The minimum Gasteiger partial charge on any atom is -0.379 e. The molecule has 3 rings (SSSR count). The van der Waals surface area contributed by atoms with Crippen molar-refractivity contribution in [1.29, 1.82) is 0 Å². The Bertz CT molecular complexity index is 1450. The summed E-state index contributed by atoms with van der Waals surface area (Å²) in [5, 5.41) is 0. The normalized spacial score (nSPS) is 12.3. The molecule has 0 spiro atoms. The summed E-state index contributed by atoms with van der Waals surface area (Å²) < 4.78 is 84.8. The Kier molecular flexibility index (Phi) is 6.36. The van der Waals surface area contributed by atoms with Gasteiger partial charge in [-0.05, 0) is 50.2 Å². The molecule has 170 valence electrons. The molecule has 0 unspecified atom stereocenters. The zero-order valence-electron chi connectivity index (χ0n) is 17.3. The lowest BCUT2D eigenvalue weighted by Gasteiger charge is -2.13. The van der Waals surface area contributed by atoms with E-state index in [1.807, 2.05) is 0 Å². The lowest BCUT2D eigenvalue weighted by molar-refractivity contribution is 0.470. The first-order valence-corrected chi connectivity index (χ1v) is 13.9. The number of sulfone groups is 1. The van der Waals surface area contributed by atoms with Crippen molar-refractivity contribution in [2.45, 2.75) is 28.5 Å². The number of aryl methyl sites for hydroxylation is 2. The second kappa shape index (κ2) is 8.57. The average Bonchev–Trinajstić information content (AvgIpc) is 2.68. The molecule has 0 amide bonds. The smallest absolute Gasteiger partial charge is 0.339 e. The Morgan fingerprint density at radius 2 is 1.03 bits per heavy atom. The molecule has 0 aliphatic rings. The van der Waals surface area contributed by atoms with Crippen molar-refractivity contribution in [2.75, 3.05) is 6.26 Å². The minimum atomic E-state index is -4.33. The second-order valence-electron chi connectivity index (χ2n) is 7.08. The van der Waals surface area contributed by atoms with Crippen molar-refractivity contribution in [1.82, 2.24) is 0 Å². The van der Waals surface area contributed by atoms with Gasteiger partial charge in [0.25, 0.3) is 0 Å². The fourth-order valence-corrected chi connectivity index (χ4v) is 5.38. The van der Waals surface area contributed by atoms with Gasteiger partial charge >= 0.3 is 20.2 Å². The third kappa shape index (κ3) is 5.47. The van der Waals surface area contributed by atoms with Crippen LogP contribution in [0.15, 0.2) is 81.4 Å². The van der Waals surface area contributed by atoms with Crippen LogP contribution in [0.2, 0.25) is 0 Å². The van der Waals surface area contributed by atoms with Crippen molar-refractivity contribution >= 4 is 30.1 Å². The van der Waals surface area contributed by atoms with Gasteiger partial charge in [0.1, 0.15) is 20.4 Å². The molecule has 0 fully saturated rings. The molecule has 0 radical (unpaired) electrons. The summed E-state index contributed by atoms with van der Waals surface area (Å²) in [4.78, 5) is -0.819. The Labute approximate surface area is 187 Å². The summed E-state index contributed by atoms with van der Waals surface area (Å²) >= 11 is 0. The van der Waals surface area contributed by atoms with E-state index in [0.29, 0.717) is 0 Å². The molecule has 0 aromatic heterocycles. The summed E-state index contributed by atoms with van der Waals surface area (Å²) in [5.74, 6) is -0.792. The Morgan fingerprint density at radius 3 is 1.47 bits per heavy atom. The van der Waals surface area contributed by atoms with Crippen molar-refractivity contribution in [3.8, 4) is 11.5 Å². The van der Waals surface area contributed by atoms with E-state index in [1.165, 1.54) is 24.3 Å². The molecule has 0 saturated heterocycles. The lowest BCUT2D eigenvalue weighted by atomic mass is 10.2. The van der Waals surface area contributed by atoms with Gasteiger partial charge in [0.15, 0.2) is 15.6 Å². The van der Waals surface area contributed by atoms with Crippen molar-refractivity contribution in [3.63, 3.8) is 0 Å². The lowest BCUT2D eigenvalue weighted by Crippen LogP contribution is -2.13. The topological polar surface area (TPSA) is 121 Å². The molecule has 0 saturated carbocycles. The summed E-state index contributed by atoms with van der Waals surface area (Å²) in [6, 6.07) is 14.7. The van der Waals surface area contributed by atoms with Crippen LogP contribution in [0.1, 0.15) is 11.1 Å². The van der Waals surface area contributed by atoms with Crippen molar-refractivity contribution in [2.24, 2.45) is 0 Å². The molecule has 8 nitrogen and oxygen atoms in total. The highest BCUT2D eigenvalue weighted by Gasteiger charge is 2.25. The maximum atomic E-state index is 12.6. The molecular formula is C21H20O8S3. The van der Waals surface area contributed by atoms with Crippen molar-refractivity contribution in [3.05, 3.63) is 77.9 Å². The Balaban J connectivity index is 1.98. The van der Waals surface area contributed by atoms with Crippen LogP contribution in [-0.4, -0.2) is 31.5 Å². The fraction of sp³-hybridized carbons (Fsp3) is 0.143. The number of rotatable bonds is 7. The first-order valence-electron chi connectivity index (χ1n) is 9.14. The van der Waals surface area contributed by atoms with Gasteiger partial charge in [-0.25, -0.2) is 8.42 Å². The van der Waals surface area contributed by atoms with Crippen LogP contribution in [0.5, 0.6) is 11.5 Å². The molecule has 32 heavy (non-hydrogen) atoms. The van der Waals surface area contributed by atoms with Crippen LogP contribution in [0.4, 0.5) is 0 Å². The van der Waals surface area contributed by atoms with E-state index in [2.05, 4.69) is 0 Å². The summed E-state index contributed by atoms with van der Waals surface area (Å²) in [5.41, 5.74) is 1.68. The standard InChI is InChI=1S/C21H20O8S3/c1-15-4-9-18(10-5-15)31(24,25)28-17-8-13-20(21(14-17)30(3,22)23)29-32(26,27)19-11-6-16(2)7-12-19/h4-14H,1-3H3. The average molecular weight is 497 g/mol. The Morgan fingerprint density at radius 1 is 0.594 bits per heavy atom. The van der Waals surface area contributed by atoms with Gasteiger partial charge in [-0.3, -0.25) is 0 Å². The van der Waals surface area contributed by atoms with Crippen LogP contribution >= 0.6 is 0 Å². The van der Waals surface area contributed by atoms with Gasteiger partial charge in [0.05, 0.1) is 0 Å².